The van der Waals surface area contributed by atoms with Gasteiger partial charge in [0, 0.05) is 18.7 Å². The van der Waals surface area contributed by atoms with Crippen LogP contribution in [0.5, 0.6) is 11.5 Å². The SMILES string of the molecule is COc1ccc(-c2cc(C(=O)N3CCCC3)n(-c3ccc(OC)cc3)n2)cc1. The molecule has 28 heavy (non-hydrogen) atoms. The van der Waals surface area contributed by atoms with Crippen molar-refractivity contribution in [1.82, 2.24) is 14.7 Å². The Labute approximate surface area is 164 Å². The summed E-state index contributed by atoms with van der Waals surface area (Å²) in [5.41, 5.74) is 3.07. The average Bonchev–Trinajstić information content (AvgIpc) is 3.44. The number of likely N-dealkylation sites (tertiary alicyclic amines) is 1. The summed E-state index contributed by atoms with van der Waals surface area (Å²) in [6.45, 7) is 1.59. The van der Waals surface area contributed by atoms with Crippen molar-refractivity contribution in [2.75, 3.05) is 27.3 Å². The van der Waals surface area contributed by atoms with Gasteiger partial charge in [0.15, 0.2) is 0 Å². The molecule has 0 unspecified atom stereocenters. The molecule has 1 saturated heterocycles. The van der Waals surface area contributed by atoms with E-state index in [-0.39, 0.29) is 5.91 Å². The fourth-order valence-corrected chi connectivity index (χ4v) is 3.44. The lowest BCUT2D eigenvalue weighted by molar-refractivity contribution is 0.0784. The molecule has 0 saturated carbocycles. The van der Waals surface area contributed by atoms with Gasteiger partial charge in [0.1, 0.15) is 17.2 Å². The van der Waals surface area contributed by atoms with Crippen LogP contribution >= 0.6 is 0 Å². The highest BCUT2D eigenvalue weighted by Gasteiger charge is 2.25. The van der Waals surface area contributed by atoms with Gasteiger partial charge in [-0.3, -0.25) is 4.79 Å². The topological polar surface area (TPSA) is 56.6 Å². The molecule has 6 nitrogen and oxygen atoms in total. The maximum absolute atomic E-state index is 13.1. The van der Waals surface area contributed by atoms with Gasteiger partial charge in [-0.25, -0.2) is 4.68 Å². The molecule has 1 fully saturated rings. The summed E-state index contributed by atoms with van der Waals surface area (Å²) < 4.78 is 12.2. The lowest BCUT2D eigenvalue weighted by Gasteiger charge is -2.16. The van der Waals surface area contributed by atoms with Crippen LogP contribution in [0.4, 0.5) is 0 Å². The first kappa shape index (κ1) is 18.1. The van der Waals surface area contributed by atoms with Crippen LogP contribution in [0.2, 0.25) is 0 Å². The Morgan fingerprint density at radius 2 is 1.46 bits per heavy atom. The summed E-state index contributed by atoms with van der Waals surface area (Å²) in [7, 11) is 3.27. The number of nitrogens with zero attached hydrogens (tertiary/aromatic N) is 3. The second-order valence-electron chi connectivity index (χ2n) is 6.75. The van der Waals surface area contributed by atoms with E-state index >= 15 is 0 Å². The Morgan fingerprint density at radius 3 is 2.04 bits per heavy atom. The van der Waals surface area contributed by atoms with E-state index < -0.39 is 0 Å². The Bertz CT molecular complexity index is 956. The minimum absolute atomic E-state index is 0.0144. The lowest BCUT2D eigenvalue weighted by atomic mass is 10.1. The quantitative estimate of drug-likeness (QED) is 0.679. The van der Waals surface area contributed by atoms with Crippen LogP contribution in [-0.2, 0) is 0 Å². The molecule has 2 aromatic carbocycles. The summed E-state index contributed by atoms with van der Waals surface area (Å²) in [5, 5.41) is 4.74. The number of amides is 1. The van der Waals surface area contributed by atoms with Crippen molar-refractivity contribution >= 4 is 5.91 Å². The second kappa shape index (κ2) is 7.76. The van der Waals surface area contributed by atoms with Gasteiger partial charge < -0.3 is 14.4 Å². The third-order valence-electron chi connectivity index (χ3n) is 5.02. The van der Waals surface area contributed by atoms with E-state index in [9.17, 15) is 4.79 Å². The van der Waals surface area contributed by atoms with Crippen molar-refractivity contribution < 1.29 is 14.3 Å². The minimum Gasteiger partial charge on any atom is -0.497 e. The number of rotatable bonds is 5. The van der Waals surface area contributed by atoms with Gasteiger partial charge in [-0.1, -0.05) is 0 Å². The highest BCUT2D eigenvalue weighted by atomic mass is 16.5. The number of hydrogen-bond acceptors (Lipinski definition) is 4. The second-order valence-corrected chi connectivity index (χ2v) is 6.75. The molecule has 3 aromatic rings. The van der Waals surface area contributed by atoms with Crippen molar-refractivity contribution in [2.45, 2.75) is 12.8 Å². The molecular formula is C22H23N3O3. The summed E-state index contributed by atoms with van der Waals surface area (Å²) in [6.07, 6.45) is 2.10. The summed E-state index contributed by atoms with van der Waals surface area (Å²) in [4.78, 5) is 15.0. The molecule has 0 spiro atoms. The Kier molecular flexibility index (Phi) is 5.02. The Morgan fingerprint density at radius 1 is 0.893 bits per heavy atom. The first-order valence-corrected chi connectivity index (χ1v) is 9.38. The predicted molar refractivity (Wildman–Crippen MR) is 107 cm³/mol. The van der Waals surface area contributed by atoms with Gasteiger partial charge in [0.25, 0.3) is 5.91 Å². The van der Waals surface area contributed by atoms with E-state index in [1.54, 1.807) is 18.9 Å². The summed E-state index contributed by atoms with van der Waals surface area (Å²) in [6, 6.07) is 17.1. The highest BCUT2D eigenvalue weighted by molar-refractivity contribution is 5.94. The van der Waals surface area contributed by atoms with E-state index in [0.717, 1.165) is 54.4 Å². The largest absolute Gasteiger partial charge is 0.497 e. The van der Waals surface area contributed by atoms with Crippen LogP contribution in [0.3, 0.4) is 0 Å². The number of ether oxygens (including phenoxy) is 2. The maximum atomic E-state index is 13.1. The number of methoxy groups -OCH3 is 2. The van der Waals surface area contributed by atoms with Gasteiger partial charge in [0.05, 0.1) is 25.6 Å². The van der Waals surface area contributed by atoms with E-state index in [1.165, 1.54) is 0 Å². The molecule has 1 amide bonds. The molecule has 4 rings (SSSR count). The van der Waals surface area contributed by atoms with Crippen LogP contribution < -0.4 is 9.47 Å². The van der Waals surface area contributed by atoms with Crippen LogP contribution in [0.1, 0.15) is 23.3 Å². The highest BCUT2D eigenvalue weighted by Crippen LogP contribution is 2.26. The lowest BCUT2D eigenvalue weighted by Crippen LogP contribution is -2.29. The zero-order chi connectivity index (χ0) is 19.5. The first-order chi connectivity index (χ1) is 13.7. The standard InChI is InChI=1S/C22H23N3O3/c1-27-18-9-5-16(6-10-18)20-15-21(22(26)24-13-3-4-14-24)25(23-20)17-7-11-19(28-2)12-8-17/h5-12,15H,3-4,13-14H2,1-2H3. The van der Waals surface area contributed by atoms with Crippen LogP contribution in [0.15, 0.2) is 54.6 Å². The van der Waals surface area contributed by atoms with Crippen molar-refractivity contribution in [3.8, 4) is 28.4 Å². The normalized spacial score (nSPS) is 13.6. The van der Waals surface area contributed by atoms with Crippen LogP contribution in [-0.4, -0.2) is 47.9 Å². The average molecular weight is 377 g/mol. The fourth-order valence-electron chi connectivity index (χ4n) is 3.44. The van der Waals surface area contributed by atoms with Gasteiger partial charge in [-0.15, -0.1) is 0 Å². The van der Waals surface area contributed by atoms with E-state index in [1.807, 2.05) is 59.5 Å². The van der Waals surface area contributed by atoms with Crippen LogP contribution in [0, 0.1) is 0 Å². The molecule has 144 valence electrons. The molecule has 1 aromatic heterocycles. The molecule has 0 atom stereocenters. The van der Waals surface area contributed by atoms with Crippen molar-refractivity contribution in [3.05, 3.63) is 60.3 Å². The maximum Gasteiger partial charge on any atom is 0.272 e. The van der Waals surface area contributed by atoms with Gasteiger partial charge in [0.2, 0.25) is 0 Å². The van der Waals surface area contributed by atoms with Crippen molar-refractivity contribution in [1.29, 1.82) is 0 Å². The first-order valence-electron chi connectivity index (χ1n) is 9.38. The van der Waals surface area contributed by atoms with Crippen LogP contribution in [0.25, 0.3) is 16.9 Å². The molecule has 2 heterocycles. The van der Waals surface area contributed by atoms with Gasteiger partial charge in [-0.05, 0) is 67.4 Å². The molecule has 0 radical (unpaired) electrons. The Hall–Kier alpha value is -3.28. The zero-order valence-corrected chi connectivity index (χ0v) is 16.1. The molecule has 1 aliphatic rings. The number of carbonyl (C=O) groups is 1. The number of benzene rings is 2. The van der Waals surface area contributed by atoms with E-state index in [4.69, 9.17) is 14.6 Å². The monoisotopic (exact) mass is 377 g/mol. The number of aromatic nitrogens is 2. The van der Waals surface area contributed by atoms with Crippen molar-refractivity contribution in [3.63, 3.8) is 0 Å². The van der Waals surface area contributed by atoms with Gasteiger partial charge >= 0.3 is 0 Å². The molecular weight excluding hydrogens is 354 g/mol. The van der Waals surface area contributed by atoms with E-state index in [0.29, 0.717) is 5.69 Å². The number of hydrogen-bond donors (Lipinski definition) is 0. The van der Waals surface area contributed by atoms with Gasteiger partial charge in [-0.2, -0.15) is 5.10 Å². The summed E-state index contributed by atoms with van der Waals surface area (Å²) in [5.74, 6) is 1.56. The van der Waals surface area contributed by atoms with Crippen molar-refractivity contribution in [2.24, 2.45) is 0 Å². The molecule has 0 bridgehead atoms. The van der Waals surface area contributed by atoms with E-state index in [2.05, 4.69) is 0 Å². The molecule has 0 aliphatic carbocycles. The number of carbonyl (C=O) groups excluding carboxylic acids is 1. The third kappa shape index (κ3) is 3.45. The third-order valence-corrected chi connectivity index (χ3v) is 5.02. The molecule has 1 aliphatic heterocycles. The predicted octanol–water partition coefficient (Wildman–Crippen LogP) is 3.79. The molecule has 6 heteroatoms. The summed E-state index contributed by atoms with van der Waals surface area (Å²) >= 11 is 0. The Balaban J connectivity index is 1.76. The zero-order valence-electron chi connectivity index (χ0n) is 16.1. The smallest absolute Gasteiger partial charge is 0.272 e. The fraction of sp³-hybridized carbons (Fsp3) is 0.273. The minimum atomic E-state index is 0.0144. The molecule has 0 N–H and O–H groups in total.